The van der Waals surface area contributed by atoms with Crippen molar-refractivity contribution in [1.29, 1.82) is 0 Å². The van der Waals surface area contributed by atoms with Gasteiger partial charge in [0.25, 0.3) is 5.91 Å². The van der Waals surface area contributed by atoms with Crippen LogP contribution in [0.3, 0.4) is 0 Å². The minimum atomic E-state index is -0.491. The summed E-state index contributed by atoms with van der Waals surface area (Å²) in [5, 5.41) is 9.43. The zero-order valence-corrected chi connectivity index (χ0v) is 12.5. The highest BCUT2D eigenvalue weighted by Crippen LogP contribution is 2.19. The summed E-state index contributed by atoms with van der Waals surface area (Å²) in [7, 11) is 1.50. The van der Waals surface area contributed by atoms with E-state index in [0.29, 0.717) is 10.6 Å². The second kappa shape index (κ2) is 5.62. The van der Waals surface area contributed by atoms with Gasteiger partial charge in [0, 0.05) is 16.9 Å². The van der Waals surface area contributed by atoms with Crippen molar-refractivity contribution in [2.75, 3.05) is 0 Å². The molecule has 0 bridgehead atoms. The van der Waals surface area contributed by atoms with Gasteiger partial charge in [0.2, 0.25) is 5.95 Å². The topological polar surface area (TPSA) is 59.3 Å². The lowest BCUT2D eigenvalue weighted by Crippen LogP contribution is -2.16. The summed E-state index contributed by atoms with van der Waals surface area (Å²) in [6.45, 7) is 1.67. The Morgan fingerprint density at radius 3 is 2.95 bits per heavy atom. The van der Waals surface area contributed by atoms with Crippen LogP contribution in [0.15, 0.2) is 21.0 Å². The molecule has 1 N–H and O–H groups in total. The molecule has 8 heteroatoms. The van der Waals surface area contributed by atoms with Crippen LogP contribution in [0, 0.1) is 12.9 Å². The van der Waals surface area contributed by atoms with Gasteiger partial charge in [-0.05, 0) is 28.9 Å². The van der Waals surface area contributed by atoms with Gasteiger partial charge in [-0.25, -0.2) is 10.1 Å². The third kappa shape index (κ3) is 3.07. The number of hydrazone groups is 1. The molecular formula is C11H10BrFN4OS. The molecule has 0 fully saturated rings. The molecule has 0 spiro atoms. The monoisotopic (exact) mass is 344 g/mol. The Kier molecular flexibility index (Phi) is 4.11. The lowest BCUT2D eigenvalue weighted by Gasteiger charge is -1.95. The van der Waals surface area contributed by atoms with Crippen LogP contribution in [0.5, 0.6) is 0 Å². The highest BCUT2D eigenvalue weighted by Gasteiger charge is 2.11. The van der Waals surface area contributed by atoms with Gasteiger partial charge in [-0.2, -0.15) is 14.6 Å². The fraction of sp³-hybridized carbons (Fsp3) is 0.182. The van der Waals surface area contributed by atoms with Crippen molar-refractivity contribution in [2.45, 2.75) is 6.92 Å². The first-order valence-corrected chi connectivity index (χ1v) is 6.93. The smallest absolute Gasteiger partial charge is 0.266 e. The number of thiophene rings is 1. The maximum Gasteiger partial charge on any atom is 0.281 e. The molecule has 2 aromatic heterocycles. The Bertz CT molecular complexity index is 649. The molecular weight excluding hydrogens is 335 g/mol. The Labute approximate surface area is 121 Å². The Balaban J connectivity index is 2.06. The van der Waals surface area contributed by atoms with Crippen molar-refractivity contribution in [2.24, 2.45) is 12.1 Å². The maximum atomic E-state index is 13.6. The van der Waals surface area contributed by atoms with Crippen LogP contribution >= 0.6 is 27.3 Å². The Hall–Kier alpha value is -1.54. The lowest BCUT2D eigenvalue weighted by atomic mass is 10.3. The first kappa shape index (κ1) is 13.9. The van der Waals surface area contributed by atoms with E-state index in [1.54, 1.807) is 18.4 Å². The molecule has 1 amide bonds. The van der Waals surface area contributed by atoms with Gasteiger partial charge in [0.15, 0.2) is 0 Å². The highest BCUT2D eigenvalue weighted by molar-refractivity contribution is 9.10. The molecule has 19 heavy (non-hydrogen) atoms. The number of amides is 1. The van der Waals surface area contributed by atoms with Crippen molar-refractivity contribution in [3.05, 3.63) is 38.0 Å². The fourth-order valence-electron chi connectivity index (χ4n) is 1.44. The molecule has 0 radical (unpaired) electrons. The summed E-state index contributed by atoms with van der Waals surface area (Å²) in [5.74, 6) is -0.830. The zero-order chi connectivity index (χ0) is 14.0. The molecule has 0 unspecified atom stereocenters. The van der Waals surface area contributed by atoms with E-state index in [4.69, 9.17) is 0 Å². The molecule has 2 heterocycles. The average Bonchev–Trinajstić information content (AvgIpc) is 2.88. The van der Waals surface area contributed by atoms with E-state index in [1.807, 2.05) is 0 Å². The van der Waals surface area contributed by atoms with E-state index in [1.165, 1.54) is 24.6 Å². The third-order valence-electron chi connectivity index (χ3n) is 2.35. The number of nitrogens with one attached hydrogen (secondary N) is 1. The van der Waals surface area contributed by atoms with Crippen LogP contribution in [-0.4, -0.2) is 21.9 Å². The number of rotatable bonds is 3. The van der Waals surface area contributed by atoms with Gasteiger partial charge in [-0.15, -0.1) is 11.3 Å². The maximum absolute atomic E-state index is 13.6. The van der Waals surface area contributed by atoms with E-state index in [9.17, 15) is 9.18 Å². The number of carbonyl (C=O) groups excluding carboxylic acids is 1. The fourth-order valence-corrected chi connectivity index (χ4v) is 2.75. The average molecular weight is 345 g/mol. The molecule has 100 valence electrons. The largest absolute Gasteiger partial charge is 0.281 e. The molecule has 5 nitrogen and oxygen atoms in total. The van der Waals surface area contributed by atoms with Crippen LogP contribution in [0.1, 0.15) is 20.9 Å². The molecule has 0 aliphatic heterocycles. The number of carbonyl (C=O) groups is 1. The number of hydrogen-bond donors (Lipinski definition) is 1. The van der Waals surface area contributed by atoms with Crippen molar-refractivity contribution in [3.8, 4) is 0 Å². The summed E-state index contributed by atoms with van der Waals surface area (Å²) in [6.07, 6.45) is 1.25. The van der Waals surface area contributed by atoms with E-state index in [-0.39, 0.29) is 11.5 Å². The number of hydrogen-bond acceptors (Lipinski definition) is 4. The van der Waals surface area contributed by atoms with Crippen molar-refractivity contribution in [3.63, 3.8) is 0 Å². The number of aryl methyl sites for hydroxylation is 2. The second-order valence-electron chi connectivity index (χ2n) is 3.74. The van der Waals surface area contributed by atoms with Crippen LogP contribution in [-0.2, 0) is 7.05 Å². The van der Waals surface area contributed by atoms with Crippen LogP contribution in [0.4, 0.5) is 4.39 Å². The molecule has 0 saturated carbocycles. The third-order valence-corrected chi connectivity index (χ3v) is 4.04. The van der Waals surface area contributed by atoms with Crippen molar-refractivity contribution < 1.29 is 9.18 Å². The zero-order valence-electron chi connectivity index (χ0n) is 10.1. The molecule has 0 aliphatic rings. The van der Waals surface area contributed by atoms with E-state index in [2.05, 4.69) is 31.6 Å². The molecule has 0 aromatic carbocycles. The van der Waals surface area contributed by atoms with E-state index < -0.39 is 5.95 Å². The van der Waals surface area contributed by atoms with Crippen molar-refractivity contribution >= 4 is 39.4 Å². The van der Waals surface area contributed by atoms with Gasteiger partial charge < -0.3 is 0 Å². The van der Waals surface area contributed by atoms with Crippen LogP contribution in [0.25, 0.3) is 0 Å². The predicted octanol–water partition coefficient (Wildman–Crippen LogP) is 2.46. The summed E-state index contributed by atoms with van der Waals surface area (Å²) < 4.78 is 15.5. The van der Waals surface area contributed by atoms with Crippen LogP contribution < -0.4 is 5.43 Å². The minimum absolute atomic E-state index is 0.259. The summed E-state index contributed by atoms with van der Waals surface area (Å²) in [5.41, 5.74) is 3.11. The summed E-state index contributed by atoms with van der Waals surface area (Å²) in [4.78, 5) is 12.2. The molecule has 0 aliphatic carbocycles. The predicted molar refractivity (Wildman–Crippen MR) is 75.0 cm³/mol. The number of nitrogens with zero attached hydrogens (tertiary/aromatic N) is 3. The molecule has 2 rings (SSSR count). The van der Waals surface area contributed by atoms with Gasteiger partial charge in [0.1, 0.15) is 0 Å². The van der Waals surface area contributed by atoms with E-state index in [0.717, 1.165) is 9.15 Å². The quantitative estimate of drug-likeness (QED) is 0.686. The number of aromatic nitrogens is 2. The Morgan fingerprint density at radius 2 is 2.42 bits per heavy atom. The molecule has 2 aromatic rings. The Morgan fingerprint density at radius 1 is 1.68 bits per heavy atom. The lowest BCUT2D eigenvalue weighted by molar-refractivity contribution is 0.0959. The van der Waals surface area contributed by atoms with E-state index >= 15 is 0 Å². The normalized spacial score (nSPS) is 11.2. The van der Waals surface area contributed by atoms with Gasteiger partial charge >= 0.3 is 0 Å². The summed E-state index contributed by atoms with van der Waals surface area (Å²) in [6, 6.07) is 1.69. The summed E-state index contributed by atoms with van der Waals surface area (Å²) >= 11 is 4.55. The van der Waals surface area contributed by atoms with Crippen LogP contribution in [0.2, 0.25) is 0 Å². The van der Waals surface area contributed by atoms with Gasteiger partial charge in [-0.3, -0.25) is 4.79 Å². The first-order valence-electron chi connectivity index (χ1n) is 5.25. The minimum Gasteiger partial charge on any atom is -0.266 e. The highest BCUT2D eigenvalue weighted by atomic mass is 79.9. The molecule has 0 saturated heterocycles. The van der Waals surface area contributed by atoms with Crippen molar-refractivity contribution in [1.82, 2.24) is 15.2 Å². The van der Waals surface area contributed by atoms with Gasteiger partial charge in [-0.1, -0.05) is 0 Å². The second-order valence-corrected chi connectivity index (χ2v) is 5.57. The SMILES string of the molecule is Cc1nn(C)c(F)c1/C=N/NC(=O)c1cc(Br)cs1. The number of halogens is 2. The standard InChI is InChI=1S/C11H10BrFN4OS/c1-6-8(10(13)17(2)16-6)4-14-15-11(18)9-3-7(12)5-19-9/h3-5H,1-2H3,(H,15,18)/b14-4+. The first-order chi connectivity index (χ1) is 8.99. The van der Waals surface area contributed by atoms with Gasteiger partial charge in [0.05, 0.1) is 22.3 Å². The molecule has 0 atom stereocenters.